The monoisotopic (exact) mass is 408 g/mol. The molecule has 0 bridgehead atoms. The molecule has 1 aliphatic rings. The Bertz CT molecular complexity index is 1170. The number of aryl methyl sites for hydroxylation is 1. The quantitative estimate of drug-likeness (QED) is 0.560. The fourth-order valence-electron chi connectivity index (χ4n) is 3.65. The lowest BCUT2D eigenvalue weighted by Gasteiger charge is -2.35. The van der Waals surface area contributed by atoms with Gasteiger partial charge in [-0.2, -0.15) is 15.3 Å². The number of hydrogen-bond acceptors (Lipinski definition) is 6. The van der Waals surface area contributed by atoms with E-state index in [-0.39, 0.29) is 18.2 Å². The standard InChI is InChI=1S/C21H20N6O.ClH/c1-13-10-27-21(22-13)8-7-18(25-27)14-3-4-16(20(28)9-14)19-6-5-17(23-24-19)15-11-26(2)12-15;/h3-10,15,28H,11-12H2,1-2H3;1H. The molecular weight excluding hydrogens is 388 g/mol. The van der Waals surface area contributed by atoms with Crippen LogP contribution in [0.4, 0.5) is 0 Å². The van der Waals surface area contributed by atoms with Gasteiger partial charge in [0.25, 0.3) is 0 Å². The highest BCUT2D eigenvalue weighted by Gasteiger charge is 2.26. The maximum atomic E-state index is 10.6. The van der Waals surface area contributed by atoms with Gasteiger partial charge in [0.1, 0.15) is 5.75 Å². The Morgan fingerprint density at radius 3 is 2.48 bits per heavy atom. The van der Waals surface area contributed by atoms with Gasteiger partial charge in [-0.25, -0.2) is 9.50 Å². The number of nitrogens with zero attached hydrogens (tertiary/aromatic N) is 6. The summed E-state index contributed by atoms with van der Waals surface area (Å²) in [5, 5.41) is 23.8. The van der Waals surface area contributed by atoms with Gasteiger partial charge in [0.15, 0.2) is 5.65 Å². The van der Waals surface area contributed by atoms with Crippen LogP contribution in [0.3, 0.4) is 0 Å². The Labute approximate surface area is 174 Å². The zero-order valence-corrected chi connectivity index (χ0v) is 17.0. The first-order chi connectivity index (χ1) is 13.6. The molecule has 0 spiro atoms. The molecule has 1 aromatic carbocycles. The molecule has 3 aromatic heterocycles. The van der Waals surface area contributed by atoms with Gasteiger partial charge in [0.05, 0.1) is 29.0 Å². The minimum Gasteiger partial charge on any atom is -0.507 e. The zero-order chi connectivity index (χ0) is 19.3. The molecule has 8 heteroatoms. The van der Waals surface area contributed by atoms with Crippen LogP contribution < -0.4 is 0 Å². The lowest BCUT2D eigenvalue weighted by molar-refractivity contribution is 0.186. The predicted octanol–water partition coefficient (Wildman–Crippen LogP) is 3.32. The van der Waals surface area contributed by atoms with Crippen molar-refractivity contribution < 1.29 is 5.11 Å². The highest BCUT2D eigenvalue weighted by atomic mass is 35.5. The van der Waals surface area contributed by atoms with Gasteiger partial charge in [-0.3, -0.25) is 0 Å². The number of rotatable bonds is 3. The molecule has 0 saturated carbocycles. The number of phenols is 1. The van der Waals surface area contributed by atoms with Crippen LogP contribution in [0, 0.1) is 6.92 Å². The summed E-state index contributed by atoms with van der Waals surface area (Å²) in [7, 11) is 2.10. The van der Waals surface area contributed by atoms with Crippen LogP contribution in [-0.2, 0) is 0 Å². The molecule has 1 saturated heterocycles. The molecule has 148 valence electrons. The molecule has 0 unspecified atom stereocenters. The van der Waals surface area contributed by atoms with E-state index < -0.39 is 0 Å². The van der Waals surface area contributed by atoms with E-state index in [1.54, 1.807) is 10.6 Å². The van der Waals surface area contributed by atoms with Crippen LogP contribution in [0.25, 0.3) is 28.2 Å². The number of aromatic hydroxyl groups is 1. The minimum atomic E-state index is 0. The van der Waals surface area contributed by atoms with Gasteiger partial charge in [-0.1, -0.05) is 6.07 Å². The van der Waals surface area contributed by atoms with Crippen molar-refractivity contribution >= 4 is 18.1 Å². The molecule has 7 nitrogen and oxygen atoms in total. The molecule has 5 rings (SSSR count). The summed E-state index contributed by atoms with van der Waals surface area (Å²) < 4.78 is 1.75. The number of aromatic nitrogens is 5. The van der Waals surface area contributed by atoms with Crippen molar-refractivity contribution in [3.63, 3.8) is 0 Å². The van der Waals surface area contributed by atoms with Crippen LogP contribution in [0.2, 0.25) is 0 Å². The number of hydrogen-bond donors (Lipinski definition) is 1. The van der Waals surface area contributed by atoms with Gasteiger partial charge in [-0.15, -0.1) is 12.4 Å². The molecule has 1 N–H and O–H groups in total. The molecular formula is C21H21ClN6O. The van der Waals surface area contributed by atoms with Crippen LogP contribution in [0.15, 0.2) is 48.7 Å². The van der Waals surface area contributed by atoms with E-state index in [0.717, 1.165) is 41.4 Å². The van der Waals surface area contributed by atoms with Crippen molar-refractivity contribution in [2.75, 3.05) is 20.1 Å². The normalized spacial score (nSPS) is 14.6. The van der Waals surface area contributed by atoms with E-state index in [1.165, 1.54) is 0 Å². The molecule has 0 atom stereocenters. The third-order valence-corrected chi connectivity index (χ3v) is 5.18. The minimum absolute atomic E-state index is 0. The summed E-state index contributed by atoms with van der Waals surface area (Å²) in [5.41, 5.74) is 5.64. The highest BCUT2D eigenvalue weighted by molar-refractivity contribution is 5.85. The molecule has 1 fully saturated rings. The topological polar surface area (TPSA) is 79.4 Å². The maximum Gasteiger partial charge on any atom is 0.153 e. The third-order valence-electron chi connectivity index (χ3n) is 5.18. The molecule has 1 aliphatic heterocycles. The number of likely N-dealkylation sites (N-methyl/N-ethyl adjacent to an activating group) is 1. The summed E-state index contributed by atoms with van der Waals surface area (Å²) in [6.07, 6.45) is 1.88. The number of fused-ring (bicyclic) bond motifs is 1. The van der Waals surface area contributed by atoms with Crippen LogP contribution in [-0.4, -0.2) is 54.9 Å². The van der Waals surface area contributed by atoms with Crippen LogP contribution in [0.5, 0.6) is 5.75 Å². The van der Waals surface area contributed by atoms with E-state index in [2.05, 4.69) is 32.2 Å². The summed E-state index contributed by atoms with van der Waals surface area (Å²) in [4.78, 5) is 6.64. The number of benzene rings is 1. The number of imidazole rings is 1. The summed E-state index contributed by atoms with van der Waals surface area (Å²) in [5.74, 6) is 0.613. The van der Waals surface area contributed by atoms with Gasteiger partial charge in [0.2, 0.25) is 0 Å². The summed E-state index contributed by atoms with van der Waals surface area (Å²) in [6.45, 7) is 3.97. The van der Waals surface area contributed by atoms with E-state index in [1.807, 2.05) is 49.5 Å². The zero-order valence-electron chi connectivity index (χ0n) is 16.1. The van der Waals surface area contributed by atoms with Gasteiger partial charge in [0, 0.05) is 30.1 Å². The first-order valence-corrected chi connectivity index (χ1v) is 9.26. The molecule has 0 radical (unpaired) electrons. The van der Waals surface area contributed by atoms with Crippen LogP contribution in [0.1, 0.15) is 17.3 Å². The van der Waals surface area contributed by atoms with Crippen molar-refractivity contribution in [2.24, 2.45) is 0 Å². The fraction of sp³-hybridized carbons (Fsp3) is 0.238. The SMILES string of the molecule is Cc1cn2nc(-c3ccc(-c4ccc(C5CN(C)C5)nn4)c(O)c3)ccc2n1.Cl. The lowest BCUT2D eigenvalue weighted by atomic mass is 9.96. The third kappa shape index (κ3) is 3.54. The van der Waals surface area contributed by atoms with Crippen molar-refractivity contribution in [3.05, 3.63) is 60.0 Å². The average molecular weight is 409 g/mol. The lowest BCUT2D eigenvalue weighted by Crippen LogP contribution is -2.42. The number of halogens is 1. The van der Waals surface area contributed by atoms with E-state index in [0.29, 0.717) is 17.2 Å². The second-order valence-electron chi connectivity index (χ2n) is 7.40. The van der Waals surface area contributed by atoms with E-state index in [4.69, 9.17) is 0 Å². The van der Waals surface area contributed by atoms with Crippen LogP contribution >= 0.6 is 12.4 Å². The van der Waals surface area contributed by atoms with Gasteiger partial charge in [-0.05, 0) is 50.4 Å². The Hall–Kier alpha value is -3.03. The molecule has 29 heavy (non-hydrogen) atoms. The Morgan fingerprint density at radius 1 is 1.00 bits per heavy atom. The second-order valence-corrected chi connectivity index (χ2v) is 7.40. The largest absolute Gasteiger partial charge is 0.507 e. The van der Waals surface area contributed by atoms with Gasteiger partial charge < -0.3 is 10.0 Å². The van der Waals surface area contributed by atoms with Crippen molar-refractivity contribution in [1.29, 1.82) is 0 Å². The number of phenolic OH excluding ortho intramolecular Hbond substituents is 1. The molecule has 4 heterocycles. The van der Waals surface area contributed by atoms with E-state index in [9.17, 15) is 5.11 Å². The molecule has 0 amide bonds. The van der Waals surface area contributed by atoms with Crippen molar-refractivity contribution in [2.45, 2.75) is 12.8 Å². The average Bonchev–Trinajstić information content (AvgIpc) is 3.05. The molecule has 4 aromatic rings. The Balaban J connectivity index is 0.00000205. The smallest absolute Gasteiger partial charge is 0.153 e. The Kier molecular flexibility index (Phi) is 4.94. The van der Waals surface area contributed by atoms with E-state index >= 15 is 0 Å². The van der Waals surface area contributed by atoms with Crippen molar-refractivity contribution in [1.82, 2.24) is 29.7 Å². The summed E-state index contributed by atoms with van der Waals surface area (Å²) in [6, 6.07) is 13.3. The first kappa shape index (κ1) is 19.3. The first-order valence-electron chi connectivity index (χ1n) is 9.26. The second kappa shape index (κ2) is 7.42. The van der Waals surface area contributed by atoms with Crippen molar-refractivity contribution in [3.8, 4) is 28.3 Å². The molecule has 0 aliphatic carbocycles. The maximum absolute atomic E-state index is 10.6. The summed E-state index contributed by atoms with van der Waals surface area (Å²) >= 11 is 0. The van der Waals surface area contributed by atoms with Gasteiger partial charge >= 0.3 is 0 Å². The Morgan fingerprint density at radius 2 is 1.79 bits per heavy atom. The predicted molar refractivity (Wildman–Crippen MR) is 113 cm³/mol. The fourth-order valence-corrected chi connectivity index (χ4v) is 3.65. The highest BCUT2D eigenvalue weighted by Crippen LogP contribution is 2.32. The number of likely N-dealkylation sites (tertiary alicyclic amines) is 1.